The molecule has 0 N–H and O–H groups in total. The summed E-state index contributed by atoms with van der Waals surface area (Å²) in [4.78, 5) is 8.47. The Morgan fingerprint density at radius 3 is 2.92 bits per heavy atom. The number of aryl methyl sites for hydroxylation is 1. The highest BCUT2D eigenvalue weighted by Gasteiger charge is 2.00. The van der Waals surface area contributed by atoms with E-state index >= 15 is 0 Å². The Morgan fingerprint density at radius 2 is 2.15 bits per heavy atom. The van der Waals surface area contributed by atoms with Crippen molar-refractivity contribution in [1.29, 1.82) is 0 Å². The fourth-order valence-electron chi connectivity index (χ4n) is 1.13. The van der Waals surface area contributed by atoms with Crippen molar-refractivity contribution in [2.24, 2.45) is 0 Å². The summed E-state index contributed by atoms with van der Waals surface area (Å²) in [7, 11) is 0. The lowest BCUT2D eigenvalue weighted by molar-refractivity contribution is 1.15. The van der Waals surface area contributed by atoms with E-state index in [9.17, 15) is 0 Å². The van der Waals surface area contributed by atoms with Gasteiger partial charge in [-0.15, -0.1) is 0 Å². The van der Waals surface area contributed by atoms with Crippen molar-refractivity contribution in [2.45, 2.75) is 6.92 Å². The van der Waals surface area contributed by atoms with Crippen LogP contribution in [0.15, 0.2) is 22.8 Å². The van der Waals surface area contributed by atoms with E-state index in [2.05, 4.69) is 61.5 Å². The zero-order valence-corrected chi connectivity index (χ0v) is 10.6. The largest absolute Gasteiger partial charge is 0.231 e. The molecule has 0 amide bonds. The summed E-state index contributed by atoms with van der Waals surface area (Å²) in [5, 5.41) is 1.07. The minimum absolute atomic E-state index is 0.784. The lowest BCUT2D eigenvalue weighted by Gasteiger charge is -2.01. The molecule has 1 heterocycles. The second-order valence-electron chi connectivity index (χ2n) is 2.80. The van der Waals surface area contributed by atoms with E-state index in [-0.39, 0.29) is 0 Å². The van der Waals surface area contributed by atoms with Gasteiger partial charge in [-0.05, 0) is 24.6 Å². The Labute approximate surface area is 98.0 Å². The van der Waals surface area contributed by atoms with E-state index in [1.807, 2.05) is 12.3 Å². The van der Waals surface area contributed by atoms with Crippen molar-refractivity contribution in [2.75, 3.05) is 0 Å². The normalized spacial score (nSPS) is 10.7. The second kappa shape index (κ2) is 3.49. The molecular formula is C9H6BrIN2. The highest BCUT2D eigenvalue weighted by Crippen LogP contribution is 2.22. The number of aromatic nitrogens is 2. The van der Waals surface area contributed by atoms with Gasteiger partial charge in [-0.25, -0.2) is 9.97 Å². The first-order chi connectivity index (χ1) is 6.16. The topological polar surface area (TPSA) is 25.8 Å². The molecule has 4 heteroatoms. The molecule has 0 bridgehead atoms. The molecule has 2 nitrogen and oxygen atoms in total. The Bertz CT molecular complexity index is 470. The maximum Gasteiger partial charge on any atom is 0.191 e. The van der Waals surface area contributed by atoms with Crippen LogP contribution in [0.2, 0.25) is 0 Å². The van der Waals surface area contributed by atoms with E-state index < -0.39 is 0 Å². The van der Waals surface area contributed by atoms with Crippen LogP contribution in [0.1, 0.15) is 5.56 Å². The molecule has 0 aliphatic carbocycles. The summed E-state index contributed by atoms with van der Waals surface area (Å²) in [6, 6.07) is 4.10. The number of fused-ring (bicyclic) bond motifs is 1. The Hall–Kier alpha value is -0.230. The predicted octanol–water partition coefficient (Wildman–Crippen LogP) is 3.31. The summed E-state index contributed by atoms with van der Waals surface area (Å²) in [6.45, 7) is 2.05. The second-order valence-corrected chi connectivity index (χ2v) is 4.62. The molecule has 0 aliphatic rings. The average molecular weight is 349 g/mol. The van der Waals surface area contributed by atoms with Crippen LogP contribution in [-0.4, -0.2) is 9.97 Å². The van der Waals surface area contributed by atoms with E-state index in [1.54, 1.807) is 0 Å². The third-order valence-corrected chi connectivity index (χ3v) is 3.20. The van der Waals surface area contributed by atoms with E-state index in [0.717, 1.165) is 19.2 Å². The van der Waals surface area contributed by atoms with E-state index in [1.165, 1.54) is 5.56 Å². The predicted molar refractivity (Wildman–Crippen MR) is 64.7 cm³/mol. The van der Waals surface area contributed by atoms with Gasteiger partial charge in [0.15, 0.2) is 3.83 Å². The molecule has 0 atom stereocenters. The molecule has 0 fully saturated rings. The average Bonchev–Trinajstić information content (AvgIpc) is 2.08. The maximum atomic E-state index is 4.33. The molecular weight excluding hydrogens is 343 g/mol. The number of hydrogen-bond acceptors (Lipinski definition) is 2. The number of halogens is 2. The standard InChI is InChI=1S/C9H6BrIN2/c1-5-2-8-6(3-7(5)10)4-12-9(11)13-8/h2-4H,1H3. The molecule has 2 rings (SSSR count). The maximum absolute atomic E-state index is 4.33. The quantitative estimate of drug-likeness (QED) is 0.539. The van der Waals surface area contributed by atoms with Crippen molar-refractivity contribution in [3.05, 3.63) is 32.2 Å². The van der Waals surface area contributed by atoms with Gasteiger partial charge in [-0.2, -0.15) is 0 Å². The van der Waals surface area contributed by atoms with Crippen LogP contribution < -0.4 is 0 Å². The molecule has 1 aromatic carbocycles. The summed E-state index contributed by atoms with van der Waals surface area (Å²) in [5.41, 5.74) is 2.20. The van der Waals surface area contributed by atoms with Crippen LogP contribution >= 0.6 is 38.5 Å². The van der Waals surface area contributed by atoms with E-state index in [4.69, 9.17) is 0 Å². The minimum atomic E-state index is 0.784. The highest BCUT2D eigenvalue weighted by atomic mass is 127. The number of rotatable bonds is 0. The van der Waals surface area contributed by atoms with Crippen molar-refractivity contribution in [3.63, 3.8) is 0 Å². The van der Waals surface area contributed by atoms with Crippen molar-refractivity contribution in [3.8, 4) is 0 Å². The zero-order valence-electron chi connectivity index (χ0n) is 6.88. The lowest BCUT2D eigenvalue weighted by Crippen LogP contribution is -1.88. The summed E-state index contributed by atoms with van der Waals surface area (Å²) >= 11 is 5.59. The lowest BCUT2D eigenvalue weighted by atomic mass is 10.2. The van der Waals surface area contributed by atoms with E-state index in [0.29, 0.717) is 0 Å². The first-order valence-corrected chi connectivity index (χ1v) is 5.62. The third kappa shape index (κ3) is 1.83. The first kappa shape index (κ1) is 9.33. The van der Waals surface area contributed by atoms with Gasteiger partial charge in [0.25, 0.3) is 0 Å². The van der Waals surface area contributed by atoms with Gasteiger partial charge in [0.05, 0.1) is 5.52 Å². The molecule has 0 unspecified atom stereocenters. The van der Waals surface area contributed by atoms with Gasteiger partial charge < -0.3 is 0 Å². The van der Waals surface area contributed by atoms with Gasteiger partial charge in [0, 0.05) is 38.6 Å². The summed E-state index contributed by atoms with van der Waals surface area (Å²) in [6.07, 6.45) is 1.84. The Kier molecular flexibility index (Phi) is 2.51. The highest BCUT2D eigenvalue weighted by molar-refractivity contribution is 14.1. The van der Waals surface area contributed by atoms with Crippen molar-refractivity contribution in [1.82, 2.24) is 9.97 Å². The van der Waals surface area contributed by atoms with Gasteiger partial charge >= 0.3 is 0 Å². The summed E-state index contributed by atoms with van der Waals surface area (Å²) < 4.78 is 1.89. The first-order valence-electron chi connectivity index (χ1n) is 3.75. The molecule has 2 aromatic rings. The van der Waals surface area contributed by atoms with Crippen LogP contribution in [0.5, 0.6) is 0 Å². The zero-order chi connectivity index (χ0) is 9.42. The van der Waals surface area contributed by atoms with Crippen molar-refractivity contribution < 1.29 is 0 Å². The molecule has 0 radical (unpaired) electrons. The van der Waals surface area contributed by atoms with Crippen LogP contribution in [0.3, 0.4) is 0 Å². The Balaban J connectivity index is 2.81. The SMILES string of the molecule is Cc1cc2nc(I)ncc2cc1Br. The molecule has 0 saturated heterocycles. The van der Waals surface area contributed by atoms with Crippen LogP contribution in [0.4, 0.5) is 0 Å². The van der Waals surface area contributed by atoms with Crippen LogP contribution in [0, 0.1) is 10.8 Å². The smallest absolute Gasteiger partial charge is 0.191 e. The molecule has 13 heavy (non-hydrogen) atoms. The number of nitrogens with zero attached hydrogens (tertiary/aromatic N) is 2. The molecule has 0 spiro atoms. The van der Waals surface area contributed by atoms with Crippen LogP contribution in [0.25, 0.3) is 10.9 Å². The van der Waals surface area contributed by atoms with Crippen molar-refractivity contribution >= 4 is 49.4 Å². The van der Waals surface area contributed by atoms with Gasteiger partial charge in [0.1, 0.15) is 0 Å². The number of benzene rings is 1. The molecule has 0 aliphatic heterocycles. The molecule has 1 aromatic heterocycles. The van der Waals surface area contributed by atoms with Crippen LogP contribution in [-0.2, 0) is 0 Å². The van der Waals surface area contributed by atoms with Gasteiger partial charge in [-0.3, -0.25) is 0 Å². The fraction of sp³-hybridized carbons (Fsp3) is 0.111. The number of hydrogen-bond donors (Lipinski definition) is 0. The summed E-state index contributed by atoms with van der Waals surface area (Å²) in [5.74, 6) is 0. The molecule has 0 saturated carbocycles. The fourth-order valence-corrected chi connectivity index (χ4v) is 1.89. The van der Waals surface area contributed by atoms with Gasteiger partial charge in [0.2, 0.25) is 0 Å². The third-order valence-electron chi connectivity index (χ3n) is 1.83. The Morgan fingerprint density at radius 1 is 1.38 bits per heavy atom. The van der Waals surface area contributed by atoms with Gasteiger partial charge in [-0.1, -0.05) is 15.9 Å². The monoisotopic (exact) mass is 348 g/mol. The molecule has 66 valence electrons. The minimum Gasteiger partial charge on any atom is -0.231 e.